The summed E-state index contributed by atoms with van der Waals surface area (Å²) in [5.74, 6) is 0.811. The third kappa shape index (κ3) is 3.21. The van der Waals surface area contributed by atoms with Gasteiger partial charge < -0.3 is 10.6 Å². The number of likely N-dealkylation sites (N-methyl/N-ethyl adjacent to an activating group) is 1. The van der Waals surface area contributed by atoms with Gasteiger partial charge in [0, 0.05) is 11.6 Å². The van der Waals surface area contributed by atoms with Crippen LogP contribution in [-0.4, -0.2) is 30.6 Å². The normalized spacial score (nSPS) is 21.9. The van der Waals surface area contributed by atoms with Crippen molar-refractivity contribution >= 4 is 0 Å². The van der Waals surface area contributed by atoms with Crippen LogP contribution >= 0.6 is 0 Å². The van der Waals surface area contributed by atoms with Gasteiger partial charge in [-0.05, 0) is 39.3 Å². The van der Waals surface area contributed by atoms with E-state index in [0.29, 0.717) is 11.6 Å². The van der Waals surface area contributed by atoms with E-state index >= 15 is 0 Å². The van der Waals surface area contributed by atoms with Crippen LogP contribution in [0.5, 0.6) is 0 Å². The van der Waals surface area contributed by atoms with Crippen LogP contribution in [0.1, 0.15) is 58.8 Å². The van der Waals surface area contributed by atoms with Crippen molar-refractivity contribution in [2.45, 2.75) is 70.4 Å². The Morgan fingerprint density at radius 3 is 2.12 bits per heavy atom. The van der Waals surface area contributed by atoms with Crippen LogP contribution in [0.15, 0.2) is 0 Å². The van der Waals surface area contributed by atoms with Crippen molar-refractivity contribution in [3.05, 3.63) is 0 Å². The Morgan fingerprint density at radius 2 is 1.69 bits per heavy atom. The highest BCUT2D eigenvalue weighted by molar-refractivity contribution is 5.00. The van der Waals surface area contributed by atoms with E-state index in [-0.39, 0.29) is 0 Å². The highest BCUT2D eigenvalue weighted by atomic mass is 15.2. The van der Waals surface area contributed by atoms with E-state index < -0.39 is 0 Å². The Morgan fingerprint density at radius 1 is 1.12 bits per heavy atom. The summed E-state index contributed by atoms with van der Waals surface area (Å²) in [7, 11) is 4.40. The predicted molar refractivity (Wildman–Crippen MR) is 71.6 cm³/mol. The molecule has 0 radical (unpaired) electrons. The molecule has 0 aromatic heterocycles. The molecule has 1 aliphatic rings. The third-order valence-electron chi connectivity index (χ3n) is 4.35. The summed E-state index contributed by atoms with van der Waals surface area (Å²) < 4.78 is 0. The first-order valence-corrected chi connectivity index (χ1v) is 6.92. The molecule has 2 N–H and O–H groups in total. The maximum Gasteiger partial charge on any atom is 0.0354 e. The van der Waals surface area contributed by atoms with Crippen molar-refractivity contribution in [3.63, 3.8) is 0 Å². The summed E-state index contributed by atoms with van der Waals surface area (Å²) in [5, 5.41) is 0. The van der Waals surface area contributed by atoms with Crippen molar-refractivity contribution in [1.82, 2.24) is 4.90 Å². The Balaban J connectivity index is 2.45. The standard InChI is InChI=1S/C14H30N2/c1-12(2)8-7-9-13(15)14(16(3)4)10-5-6-11-14/h12-13H,5-11,15H2,1-4H3. The molecule has 96 valence electrons. The molecule has 1 saturated carbocycles. The Bertz CT molecular complexity index is 193. The summed E-state index contributed by atoms with van der Waals surface area (Å²) in [6.07, 6.45) is 9.10. The zero-order valence-corrected chi connectivity index (χ0v) is 11.6. The minimum atomic E-state index is 0.303. The molecule has 0 aliphatic heterocycles. The molecule has 0 saturated heterocycles. The van der Waals surface area contributed by atoms with E-state index in [0.717, 1.165) is 5.92 Å². The number of nitrogens with two attached hydrogens (primary N) is 1. The molecule has 0 heterocycles. The van der Waals surface area contributed by atoms with Crippen LogP contribution in [0, 0.1) is 5.92 Å². The average Bonchev–Trinajstić information content (AvgIpc) is 2.66. The zero-order valence-electron chi connectivity index (χ0n) is 11.6. The van der Waals surface area contributed by atoms with Crippen LogP contribution in [0.25, 0.3) is 0 Å². The van der Waals surface area contributed by atoms with E-state index in [1.54, 1.807) is 0 Å². The zero-order chi connectivity index (χ0) is 12.2. The molecule has 0 aromatic carbocycles. The first kappa shape index (κ1) is 14.0. The highest BCUT2D eigenvalue weighted by Crippen LogP contribution is 2.37. The summed E-state index contributed by atoms with van der Waals surface area (Å²) >= 11 is 0. The molecule has 1 rings (SSSR count). The quantitative estimate of drug-likeness (QED) is 0.754. The van der Waals surface area contributed by atoms with E-state index in [1.807, 2.05) is 0 Å². The van der Waals surface area contributed by atoms with E-state index in [9.17, 15) is 0 Å². The number of rotatable bonds is 6. The number of nitrogens with zero attached hydrogens (tertiary/aromatic N) is 1. The molecular weight excluding hydrogens is 196 g/mol. The fraction of sp³-hybridized carbons (Fsp3) is 1.00. The van der Waals surface area contributed by atoms with Crippen molar-refractivity contribution in [2.24, 2.45) is 11.7 Å². The summed E-state index contributed by atoms with van der Waals surface area (Å²) in [6.45, 7) is 4.59. The lowest BCUT2D eigenvalue weighted by molar-refractivity contribution is 0.117. The van der Waals surface area contributed by atoms with Crippen LogP contribution < -0.4 is 5.73 Å². The van der Waals surface area contributed by atoms with Crippen LogP contribution in [0.3, 0.4) is 0 Å². The first-order valence-electron chi connectivity index (χ1n) is 6.92. The summed E-state index contributed by atoms with van der Waals surface area (Å²) in [5.41, 5.74) is 6.76. The van der Waals surface area contributed by atoms with Gasteiger partial charge in [0.25, 0.3) is 0 Å². The molecule has 16 heavy (non-hydrogen) atoms. The molecule has 0 spiro atoms. The van der Waals surface area contributed by atoms with Crippen molar-refractivity contribution in [2.75, 3.05) is 14.1 Å². The SMILES string of the molecule is CC(C)CCCC(N)C1(N(C)C)CCCC1. The molecular formula is C14H30N2. The summed E-state index contributed by atoms with van der Waals surface area (Å²) in [6, 6.07) is 0.365. The second-order valence-corrected chi connectivity index (χ2v) is 6.14. The van der Waals surface area contributed by atoms with Gasteiger partial charge in [0.2, 0.25) is 0 Å². The van der Waals surface area contributed by atoms with Gasteiger partial charge in [-0.25, -0.2) is 0 Å². The van der Waals surface area contributed by atoms with Gasteiger partial charge in [-0.15, -0.1) is 0 Å². The molecule has 1 atom stereocenters. The topological polar surface area (TPSA) is 29.3 Å². The molecule has 0 aromatic rings. The van der Waals surface area contributed by atoms with Gasteiger partial charge in [0.1, 0.15) is 0 Å². The smallest absolute Gasteiger partial charge is 0.0354 e. The van der Waals surface area contributed by atoms with Crippen LogP contribution in [-0.2, 0) is 0 Å². The van der Waals surface area contributed by atoms with Gasteiger partial charge in [0.05, 0.1) is 0 Å². The number of hydrogen-bond acceptors (Lipinski definition) is 2. The van der Waals surface area contributed by atoms with Crippen molar-refractivity contribution < 1.29 is 0 Å². The lowest BCUT2D eigenvalue weighted by atomic mass is 9.84. The van der Waals surface area contributed by atoms with Gasteiger partial charge >= 0.3 is 0 Å². The molecule has 1 fully saturated rings. The van der Waals surface area contributed by atoms with Crippen LogP contribution in [0.2, 0.25) is 0 Å². The van der Waals surface area contributed by atoms with Crippen LogP contribution in [0.4, 0.5) is 0 Å². The Labute approximate surface area is 102 Å². The summed E-state index contributed by atoms with van der Waals surface area (Å²) in [4.78, 5) is 2.39. The highest BCUT2D eigenvalue weighted by Gasteiger charge is 2.40. The third-order valence-corrected chi connectivity index (χ3v) is 4.35. The second kappa shape index (κ2) is 6.02. The maximum absolute atomic E-state index is 6.46. The maximum atomic E-state index is 6.46. The minimum absolute atomic E-state index is 0.303. The fourth-order valence-corrected chi connectivity index (χ4v) is 3.15. The largest absolute Gasteiger partial charge is 0.326 e. The van der Waals surface area contributed by atoms with Gasteiger partial charge in [-0.2, -0.15) is 0 Å². The minimum Gasteiger partial charge on any atom is -0.326 e. The van der Waals surface area contributed by atoms with Crippen molar-refractivity contribution in [1.29, 1.82) is 0 Å². The lowest BCUT2D eigenvalue weighted by Crippen LogP contribution is -2.55. The van der Waals surface area contributed by atoms with Gasteiger partial charge in [-0.3, -0.25) is 0 Å². The molecule has 2 heteroatoms. The lowest BCUT2D eigenvalue weighted by Gasteiger charge is -2.41. The van der Waals surface area contributed by atoms with E-state index in [1.165, 1.54) is 44.9 Å². The Hall–Kier alpha value is -0.0800. The van der Waals surface area contributed by atoms with Gasteiger partial charge in [0.15, 0.2) is 0 Å². The average molecular weight is 226 g/mol. The van der Waals surface area contributed by atoms with Crippen molar-refractivity contribution in [3.8, 4) is 0 Å². The van der Waals surface area contributed by atoms with E-state index in [4.69, 9.17) is 5.73 Å². The molecule has 1 unspecified atom stereocenters. The first-order chi connectivity index (χ1) is 7.49. The molecule has 0 bridgehead atoms. The fourth-order valence-electron chi connectivity index (χ4n) is 3.15. The van der Waals surface area contributed by atoms with Gasteiger partial charge in [-0.1, -0.05) is 39.5 Å². The monoisotopic (exact) mass is 226 g/mol. The molecule has 0 amide bonds. The molecule has 1 aliphatic carbocycles. The number of hydrogen-bond donors (Lipinski definition) is 1. The Kier molecular flexibility index (Phi) is 5.26. The van der Waals surface area contributed by atoms with E-state index in [2.05, 4.69) is 32.8 Å². The predicted octanol–water partition coefficient (Wildman–Crippen LogP) is 3.01. The second-order valence-electron chi connectivity index (χ2n) is 6.14. The molecule has 2 nitrogen and oxygen atoms in total.